The van der Waals surface area contributed by atoms with Crippen LogP contribution in [0.3, 0.4) is 0 Å². The zero-order valence-electron chi connectivity index (χ0n) is 15.2. The van der Waals surface area contributed by atoms with Crippen LogP contribution in [0, 0.1) is 0 Å². The van der Waals surface area contributed by atoms with Crippen LogP contribution in [-0.2, 0) is 0 Å². The molecule has 6 nitrogen and oxygen atoms in total. The van der Waals surface area contributed by atoms with Gasteiger partial charge in [0.15, 0.2) is 0 Å². The van der Waals surface area contributed by atoms with E-state index < -0.39 is 0 Å². The Labute approximate surface area is 153 Å². The summed E-state index contributed by atoms with van der Waals surface area (Å²) in [6.45, 7) is 5.88. The molecule has 1 amide bonds. The maximum absolute atomic E-state index is 12.3. The molecule has 26 heavy (non-hydrogen) atoms. The fraction of sp³-hybridized carbons (Fsp3) is 0.400. The molecule has 0 aliphatic carbocycles. The van der Waals surface area contributed by atoms with Crippen LogP contribution in [0.25, 0.3) is 11.3 Å². The summed E-state index contributed by atoms with van der Waals surface area (Å²) in [5, 5.41) is 2.85. The minimum atomic E-state index is -0.358. The van der Waals surface area contributed by atoms with Crippen LogP contribution in [0.2, 0.25) is 0 Å². The van der Waals surface area contributed by atoms with Crippen molar-refractivity contribution < 1.29 is 4.79 Å². The number of piperazine rings is 1. The number of benzene rings is 1. The lowest BCUT2D eigenvalue weighted by Crippen LogP contribution is -2.45. The summed E-state index contributed by atoms with van der Waals surface area (Å²) in [6.07, 6.45) is 0.884. The molecule has 2 aromatic rings. The number of rotatable bonds is 6. The molecule has 6 heteroatoms. The average Bonchev–Trinajstić information content (AvgIpc) is 2.67. The van der Waals surface area contributed by atoms with Gasteiger partial charge in [-0.15, -0.1) is 0 Å². The van der Waals surface area contributed by atoms with Gasteiger partial charge in [-0.3, -0.25) is 9.59 Å². The van der Waals surface area contributed by atoms with E-state index in [4.69, 9.17) is 0 Å². The fourth-order valence-corrected chi connectivity index (χ4v) is 3.11. The van der Waals surface area contributed by atoms with Crippen molar-refractivity contribution >= 4 is 5.91 Å². The summed E-state index contributed by atoms with van der Waals surface area (Å²) >= 11 is 0. The van der Waals surface area contributed by atoms with Crippen LogP contribution < -0.4 is 10.9 Å². The topological polar surface area (TPSA) is 68.4 Å². The molecule has 3 rings (SSSR count). The van der Waals surface area contributed by atoms with E-state index in [1.165, 1.54) is 0 Å². The van der Waals surface area contributed by atoms with Gasteiger partial charge in [0.2, 0.25) is 0 Å². The van der Waals surface area contributed by atoms with Gasteiger partial charge in [0.1, 0.15) is 5.56 Å². The standard InChI is InChI=1S/C20H26N4O2/c1-23-12-14-24(15-13-23)11-5-10-21-19(25)17-8-9-18(22-20(17)26)16-6-3-2-4-7-16/h2-4,6-9H,5,10-15H2,1H3,(H,21,25)(H,22,26). The van der Waals surface area contributed by atoms with E-state index in [1.54, 1.807) is 12.1 Å². The zero-order chi connectivity index (χ0) is 18.4. The monoisotopic (exact) mass is 354 g/mol. The molecule has 1 aromatic heterocycles. The van der Waals surface area contributed by atoms with E-state index in [9.17, 15) is 9.59 Å². The molecule has 0 saturated carbocycles. The molecule has 0 radical (unpaired) electrons. The number of nitrogens with one attached hydrogen (secondary N) is 2. The molecule has 0 bridgehead atoms. The summed E-state index contributed by atoms with van der Waals surface area (Å²) < 4.78 is 0. The van der Waals surface area contributed by atoms with Gasteiger partial charge in [0.25, 0.3) is 11.5 Å². The van der Waals surface area contributed by atoms with Crippen LogP contribution in [0.5, 0.6) is 0 Å². The Morgan fingerprint density at radius 2 is 1.81 bits per heavy atom. The van der Waals surface area contributed by atoms with Crippen LogP contribution in [0.4, 0.5) is 0 Å². The second-order valence-corrected chi connectivity index (χ2v) is 6.74. The lowest BCUT2D eigenvalue weighted by Gasteiger charge is -2.32. The minimum Gasteiger partial charge on any atom is -0.352 e. The Kier molecular flexibility index (Phi) is 6.20. The number of nitrogens with zero attached hydrogens (tertiary/aromatic N) is 2. The molecular formula is C20H26N4O2. The summed E-state index contributed by atoms with van der Waals surface area (Å²) in [5.74, 6) is -0.316. The third-order valence-corrected chi connectivity index (χ3v) is 4.77. The highest BCUT2D eigenvalue weighted by Gasteiger charge is 2.14. The van der Waals surface area contributed by atoms with Crippen molar-refractivity contribution in [3.63, 3.8) is 0 Å². The largest absolute Gasteiger partial charge is 0.352 e. The maximum atomic E-state index is 12.3. The smallest absolute Gasteiger partial charge is 0.261 e. The predicted octanol–water partition coefficient (Wildman–Crippen LogP) is 1.41. The Balaban J connectivity index is 1.49. The van der Waals surface area contributed by atoms with Gasteiger partial charge >= 0.3 is 0 Å². The molecule has 0 spiro atoms. The van der Waals surface area contributed by atoms with Crippen molar-refractivity contribution in [3.05, 3.63) is 58.4 Å². The number of amides is 1. The number of H-pyrrole nitrogens is 1. The van der Waals surface area contributed by atoms with Crippen molar-refractivity contribution in [2.45, 2.75) is 6.42 Å². The van der Waals surface area contributed by atoms with Crippen molar-refractivity contribution in [1.29, 1.82) is 0 Å². The molecule has 138 valence electrons. The van der Waals surface area contributed by atoms with E-state index in [0.29, 0.717) is 12.2 Å². The lowest BCUT2D eigenvalue weighted by atomic mass is 10.1. The van der Waals surface area contributed by atoms with Gasteiger partial charge in [-0.25, -0.2) is 0 Å². The summed E-state index contributed by atoms with van der Waals surface area (Å²) in [5.41, 5.74) is 1.43. The summed E-state index contributed by atoms with van der Waals surface area (Å²) in [4.78, 5) is 32.0. The van der Waals surface area contributed by atoms with Gasteiger partial charge in [-0.2, -0.15) is 0 Å². The van der Waals surface area contributed by atoms with Gasteiger partial charge in [0.05, 0.1) is 0 Å². The van der Waals surface area contributed by atoms with E-state index in [-0.39, 0.29) is 17.0 Å². The normalized spacial score (nSPS) is 15.7. The Morgan fingerprint density at radius 3 is 2.50 bits per heavy atom. The molecular weight excluding hydrogens is 328 g/mol. The van der Waals surface area contributed by atoms with Crippen molar-refractivity contribution in [1.82, 2.24) is 20.1 Å². The molecule has 0 atom stereocenters. The SMILES string of the molecule is CN1CCN(CCCNC(=O)c2ccc(-c3ccccc3)[nH]c2=O)CC1. The second kappa shape index (κ2) is 8.78. The molecule has 2 heterocycles. The summed E-state index contributed by atoms with van der Waals surface area (Å²) in [7, 11) is 2.14. The molecule has 1 aliphatic rings. The number of pyridine rings is 1. The maximum Gasteiger partial charge on any atom is 0.261 e. The number of carbonyl (C=O) groups is 1. The lowest BCUT2D eigenvalue weighted by molar-refractivity contribution is 0.0948. The van der Waals surface area contributed by atoms with Crippen LogP contribution in [0.15, 0.2) is 47.3 Å². The molecule has 0 unspecified atom stereocenters. The van der Waals surface area contributed by atoms with Crippen LogP contribution >= 0.6 is 0 Å². The first-order valence-electron chi connectivity index (χ1n) is 9.11. The third kappa shape index (κ3) is 4.80. The van der Waals surface area contributed by atoms with Gasteiger partial charge in [0, 0.05) is 38.4 Å². The fourth-order valence-electron chi connectivity index (χ4n) is 3.11. The molecule has 1 aliphatic heterocycles. The number of hydrogen-bond donors (Lipinski definition) is 2. The highest BCUT2D eigenvalue weighted by Crippen LogP contribution is 2.14. The Bertz CT molecular complexity index is 780. The summed E-state index contributed by atoms with van der Waals surface area (Å²) in [6, 6.07) is 13.0. The molecule has 1 saturated heterocycles. The van der Waals surface area contributed by atoms with Gasteiger partial charge in [-0.05, 0) is 37.7 Å². The van der Waals surface area contributed by atoms with E-state index in [2.05, 4.69) is 27.1 Å². The number of likely N-dealkylation sites (N-methyl/N-ethyl adjacent to an activating group) is 1. The first-order chi connectivity index (χ1) is 12.6. The van der Waals surface area contributed by atoms with Crippen LogP contribution in [-0.4, -0.2) is 67.0 Å². The Morgan fingerprint density at radius 1 is 1.08 bits per heavy atom. The van der Waals surface area contributed by atoms with Crippen molar-refractivity contribution in [2.75, 3.05) is 46.3 Å². The first-order valence-corrected chi connectivity index (χ1v) is 9.11. The van der Waals surface area contributed by atoms with E-state index in [1.807, 2.05) is 30.3 Å². The zero-order valence-corrected chi connectivity index (χ0v) is 15.2. The third-order valence-electron chi connectivity index (χ3n) is 4.77. The molecule has 2 N–H and O–H groups in total. The second-order valence-electron chi connectivity index (χ2n) is 6.74. The number of hydrogen-bond acceptors (Lipinski definition) is 4. The van der Waals surface area contributed by atoms with E-state index in [0.717, 1.165) is 44.7 Å². The average molecular weight is 354 g/mol. The first kappa shape index (κ1) is 18.4. The van der Waals surface area contributed by atoms with Crippen molar-refractivity contribution in [3.8, 4) is 11.3 Å². The van der Waals surface area contributed by atoms with Gasteiger partial charge in [-0.1, -0.05) is 30.3 Å². The van der Waals surface area contributed by atoms with Gasteiger partial charge < -0.3 is 20.1 Å². The molecule has 1 fully saturated rings. The number of aromatic amines is 1. The highest BCUT2D eigenvalue weighted by molar-refractivity contribution is 5.94. The number of carbonyl (C=O) groups excluding carboxylic acids is 1. The predicted molar refractivity (Wildman–Crippen MR) is 103 cm³/mol. The Hall–Kier alpha value is -2.44. The van der Waals surface area contributed by atoms with E-state index >= 15 is 0 Å². The number of aromatic nitrogens is 1. The van der Waals surface area contributed by atoms with Crippen molar-refractivity contribution in [2.24, 2.45) is 0 Å². The molecule has 1 aromatic carbocycles. The minimum absolute atomic E-state index is 0.157. The quantitative estimate of drug-likeness (QED) is 0.770. The van der Waals surface area contributed by atoms with Crippen LogP contribution in [0.1, 0.15) is 16.8 Å². The highest BCUT2D eigenvalue weighted by atomic mass is 16.2.